The highest BCUT2D eigenvalue weighted by Crippen LogP contribution is 2.36. The van der Waals surface area contributed by atoms with Gasteiger partial charge in [-0.05, 0) is 12.8 Å². The molecule has 1 atom stereocenters. The third-order valence-electron chi connectivity index (χ3n) is 3.00. The van der Waals surface area contributed by atoms with E-state index in [1.165, 1.54) is 24.3 Å². The van der Waals surface area contributed by atoms with Gasteiger partial charge in [0.05, 0.1) is 47.6 Å². The summed E-state index contributed by atoms with van der Waals surface area (Å²) >= 11 is 0. The van der Waals surface area contributed by atoms with Crippen LogP contribution in [0.3, 0.4) is 0 Å². The van der Waals surface area contributed by atoms with E-state index in [0.717, 1.165) is 9.93 Å². The zero-order valence-electron chi connectivity index (χ0n) is 13.2. The Balaban J connectivity index is 0.000000401. The van der Waals surface area contributed by atoms with Crippen molar-refractivity contribution >= 4 is 47.9 Å². The quantitative estimate of drug-likeness (QED) is 0.226. The number of nitro benzene ring substituents is 3. The van der Waals surface area contributed by atoms with Crippen molar-refractivity contribution in [3.05, 3.63) is 42.5 Å². The molecule has 0 spiro atoms. The van der Waals surface area contributed by atoms with Crippen molar-refractivity contribution in [2.24, 2.45) is 0 Å². The van der Waals surface area contributed by atoms with Crippen LogP contribution in [0.1, 0.15) is 12.8 Å². The second-order valence-corrected chi connectivity index (χ2v) is 10.8. The van der Waals surface area contributed by atoms with Gasteiger partial charge in [0.15, 0.2) is 0 Å². The molecular weight excluding hydrogens is 414 g/mol. The maximum atomic E-state index is 10.8. The van der Waals surface area contributed by atoms with Gasteiger partial charge < -0.3 is 4.55 Å². The summed E-state index contributed by atoms with van der Waals surface area (Å²) in [6, 6.07) is 0.329. The molecule has 1 aromatic rings. The van der Waals surface area contributed by atoms with Crippen molar-refractivity contribution in [1.29, 1.82) is 0 Å². The Morgan fingerprint density at radius 1 is 1.00 bits per heavy atom. The van der Waals surface area contributed by atoms with Crippen LogP contribution in [0, 0.1) is 30.3 Å². The van der Waals surface area contributed by atoms with E-state index in [4.69, 9.17) is 0 Å². The van der Waals surface area contributed by atoms with Gasteiger partial charge in [-0.1, -0.05) is 0 Å². The van der Waals surface area contributed by atoms with E-state index in [-0.39, 0.29) is 12.1 Å². The Morgan fingerprint density at radius 3 is 1.73 bits per heavy atom. The number of benzene rings is 1. The lowest BCUT2D eigenvalue weighted by Crippen LogP contribution is -2.08. The molecule has 0 bridgehead atoms. The van der Waals surface area contributed by atoms with Crippen molar-refractivity contribution in [3.8, 4) is 0 Å². The predicted octanol–water partition coefficient (Wildman–Crippen LogP) is 1.99. The molecule has 0 saturated carbocycles. The van der Waals surface area contributed by atoms with Crippen LogP contribution in [0.5, 0.6) is 0 Å². The minimum absolute atomic E-state index is 0.164. The van der Waals surface area contributed by atoms with Crippen LogP contribution in [-0.4, -0.2) is 45.5 Å². The Hall–Kier alpha value is -1.97. The lowest BCUT2D eigenvalue weighted by atomic mass is 10.2. The molecule has 1 aliphatic heterocycles. The molecule has 0 N–H and O–H groups in total. The van der Waals surface area contributed by atoms with Crippen molar-refractivity contribution in [1.82, 2.24) is 0 Å². The Labute approximate surface area is 153 Å². The lowest BCUT2D eigenvalue weighted by Gasteiger charge is -2.07. The molecule has 1 aliphatic rings. The van der Waals surface area contributed by atoms with Gasteiger partial charge in [0.1, 0.15) is 22.1 Å². The first-order chi connectivity index (χ1) is 11.9. The van der Waals surface area contributed by atoms with E-state index in [9.17, 15) is 43.3 Å². The average molecular weight is 427 g/mol. The number of rotatable bonds is 4. The van der Waals surface area contributed by atoms with Crippen molar-refractivity contribution in [3.63, 3.8) is 0 Å². The van der Waals surface area contributed by atoms with Gasteiger partial charge in [0.2, 0.25) is 4.90 Å². The molecule has 0 aliphatic carbocycles. The molecular formula is C11H13N3O9S3. The van der Waals surface area contributed by atoms with Crippen molar-refractivity contribution in [2.45, 2.75) is 17.7 Å². The maximum Gasteiger partial charge on any atom is 0.300 e. The van der Waals surface area contributed by atoms with E-state index >= 15 is 0 Å². The number of nitro groups is 3. The molecule has 1 unspecified atom stereocenters. The predicted molar refractivity (Wildman–Crippen MR) is 94.2 cm³/mol. The Bertz CT molecular complexity index is 786. The smallest absolute Gasteiger partial charge is 0.300 e. The van der Waals surface area contributed by atoms with E-state index in [1.807, 2.05) is 0 Å². The summed E-state index contributed by atoms with van der Waals surface area (Å²) in [6.45, 7) is 0. The fourth-order valence-corrected chi connectivity index (χ4v) is 5.91. The highest BCUT2D eigenvalue weighted by molar-refractivity contribution is 8.74. The first kappa shape index (κ1) is 22.1. The van der Waals surface area contributed by atoms with Crippen molar-refractivity contribution < 1.29 is 27.7 Å². The fourth-order valence-electron chi connectivity index (χ4n) is 1.88. The number of nitrogens with zero attached hydrogens (tertiary/aromatic N) is 3. The molecule has 1 fully saturated rings. The van der Waals surface area contributed by atoms with Crippen LogP contribution >= 0.6 is 10.8 Å². The highest BCUT2D eigenvalue weighted by atomic mass is 33.1. The van der Waals surface area contributed by atoms with Crippen LogP contribution < -0.4 is 0 Å². The summed E-state index contributed by atoms with van der Waals surface area (Å²) in [7, 11) is -2.68. The summed E-state index contributed by atoms with van der Waals surface area (Å²) < 4.78 is 32.5. The molecule has 26 heavy (non-hydrogen) atoms. The minimum Gasteiger partial charge on any atom is -0.744 e. The zero-order valence-corrected chi connectivity index (χ0v) is 15.7. The van der Waals surface area contributed by atoms with Crippen LogP contribution in [0.15, 0.2) is 17.0 Å². The minimum atomic E-state index is -5.55. The molecule has 2 rings (SSSR count). The Morgan fingerprint density at radius 2 is 1.50 bits per heavy atom. The van der Waals surface area contributed by atoms with Crippen LogP contribution in [-0.2, 0) is 20.0 Å². The molecule has 0 radical (unpaired) electrons. The summed E-state index contributed by atoms with van der Waals surface area (Å²) in [6.07, 6.45) is 5.29. The third-order valence-corrected chi connectivity index (χ3v) is 7.85. The van der Waals surface area contributed by atoms with Gasteiger partial charge >= 0.3 is 11.4 Å². The second-order valence-electron chi connectivity index (χ2n) is 4.84. The van der Waals surface area contributed by atoms with E-state index < -0.39 is 46.8 Å². The normalized spacial score (nSPS) is 16.9. The van der Waals surface area contributed by atoms with Crippen LogP contribution in [0.2, 0.25) is 0 Å². The second kappa shape index (κ2) is 9.11. The molecule has 1 aromatic carbocycles. The zero-order chi connectivity index (χ0) is 20.1. The van der Waals surface area contributed by atoms with Crippen LogP contribution in [0.4, 0.5) is 17.1 Å². The first-order valence-electron chi connectivity index (χ1n) is 6.78. The molecule has 12 nitrogen and oxygen atoms in total. The summed E-state index contributed by atoms with van der Waals surface area (Å²) in [4.78, 5) is 25.8. The molecule has 144 valence electrons. The molecule has 15 heteroatoms. The monoisotopic (exact) mass is 427 g/mol. The largest absolute Gasteiger partial charge is 0.744 e. The van der Waals surface area contributed by atoms with E-state index in [1.54, 1.807) is 0 Å². The maximum absolute atomic E-state index is 10.8. The molecule has 0 aromatic heterocycles. The van der Waals surface area contributed by atoms with Gasteiger partial charge in [0.25, 0.3) is 5.69 Å². The standard InChI is InChI=1S/C6H3N3O9S.C5H11S2/c10-7(11)3-1-4(8(12)13)6(19(16,17)18)5(2-3)9(14)15;1-7-5-3-2-4-6-7/h1-2H,(H,16,17,18);2-5H2,1H3/q;+1/p-1. The summed E-state index contributed by atoms with van der Waals surface area (Å²) in [5, 5.41) is 31.6. The fraction of sp³-hybridized carbons (Fsp3) is 0.455. The SMILES string of the molecule is C[S+]1CCCCS1.O=[N+]([O-])c1cc([N+](=O)[O-])c(S(=O)(=O)[O-])c([N+](=O)[O-])c1. The van der Waals surface area contributed by atoms with Gasteiger partial charge in [-0.2, -0.15) is 0 Å². The van der Waals surface area contributed by atoms with Gasteiger partial charge in [-0.3, -0.25) is 30.3 Å². The summed E-state index contributed by atoms with van der Waals surface area (Å²) in [5.41, 5.74) is -4.11. The molecule has 0 amide bonds. The topological polar surface area (TPSA) is 187 Å². The van der Waals surface area contributed by atoms with E-state index in [0.29, 0.717) is 0 Å². The molecule has 1 saturated heterocycles. The van der Waals surface area contributed by atoms with Crippen LogP contribution in [0.25, 0.3) is 0 Å². The lowest BCUT2D eigenvalue weighted by molar-refractivity contribution is -0.407. The number of non-ortho nitro benzene ring substituents is 1. The highest BCUT2D eigenvalue weighted by Gasteiger charge is 2.34. The van der Waals surface area contributed by atoms with Gasteiger partial charge in [-0.15, -0.1) is 0 Å². The third kappa shape index (κ3) is 6.08. The van der Waals surface area contributed by atoms with Gasteiger partial charge in [-0.25, -0.2) is 8.42 Å². The Kier molecular flexibility index (Phi) is 7.73. The van der Waals surface area contributed by atoms with Crippen molar-refractivity contribution in [2.75, 3.05) is 17.8 Å². The van der Waals surface area contributed by atoms with E-state index in [2.05, 4.69) is 17.0 Å². The number of hydrogen-bond donors (Lipinski definition) is 0. The molecule has 1 heterocycles. The summed E-state index contributed by atoms with van der Waals surface area (Å²) in [5.74, 6) is 2.89. The average Bonchev–Trinajstić information content (AvgIpc) is 2.53. The number of hydrogen-bond acceptors (Lipinski definition) is 10. The first-order valence-corrected chi connectivity index (χ1v) is 11.5. The van der Waals surface area contributed by atoms with Gasteiger partial charge in [0, 0.05) is 5.75 Å².